The number of halogens is 1. The third-order valence-corrected chi connectivity index (χ3v) is 4.49. The van der Waals surface area contributed by atoms with Crippen LogP contribution in [0.4, 0.5) is 10.1 Å². The maximum atomic E-state index is 13.8. The predicted molar refractivity (Wildman–Crippen MR) is 80.7 cm³/mol. The molecule has 0 fully saturated rings. The van der Waals surface area contributed by atoms with E-state index in [-0.39, 0.29) is 6.04 Å². The number of hydrogen-bond acceptors (Lipinski definition) is 3. The number of amides is 1. The molecule has 5 heteroatoms. The largest absolute Gasteiger partial charge is 0.375 e. The number of primary amides is 1. The Morgan fingerprint density at radius 2 is 2.15 bits per heavy atom. The van der Waals surface area contributed by atoms with E-state index < -0.39 is 11.7 Å². The molecule has 2 rings (SSSR count). The molecule has 0 bridgehead atoms. The summed E-state index contributed by atoms with van der Waals surface area (Å²) in [5, 5.41) is 3.09. The Bertz CT molecular complexity index is 624. The van der Waals surface area contributed by atoms with Crippen molar-refractivity contribution in [2.45, 2.75) is 26.3 Å². The molecule has 3 N–H and O–H groups in total. The molecule has 0 spiro atoms. The second kappa shape index (κ2) is 6.05. The van der Waals surface area contributed by atoms with Crippen molar-refractivity contribution in [3.05, 3.63) is 51.5 Å². The van der Waals surface area contributed by atoms with Crippen molar-refractivity contribution in [1.82, 2.24) is 0 Å². The van der Waals surface area contributed by atoms with Crippen molar-refractivity contribution >= 4 is 22.9 Å². The van der Waals surface area contributed by atoms with Gasteiger partial charge in [0, 0.05) is 15.3 Å². The van der Waals surface area contributed by atoms with E-state index in [1.807, 2.05) is 13.0 Å². The van der Waals surface area contributed by atoms with Gasteiger partial charge in [0.05, 0.1) is 11.7 Å². The molecule has 1 unspecified atom stereocenters. The summed E-state index contributed by atoms with van der Waals surface area (Å²) >= 11 is 1.70. The number of carbonyl (C=O) groups excluding carboxylic acids is 1. The molecule has 0 saturated carbocycles. The van der Waals surface area contributed by atoms with Crippen LogP contribution in [0.15, 0.2) is 30.3 Å². The summed E-state index contributed by atoms with van der Waals surface area (Å²) < 4.78 is 13.8. The Kier molecular flexibility index (Phi) is 4.39. The first kappa shape index (κ1) is 14.5. The van der Waals surface area contributed by atoms with E-state index in [1.165, 1.54) is 23.1 Å². The van der Waals surface area contributed by atoms with E-state index in [2.05, 4.69) is 18.3 Å². The van der Waals surface area contributed by atoms with Gasteiger partial charge in [0.2, 0.25) is 5.91 Å². The summed E-state index contributed by atoms with van der Waals surface area (Å²) in [6, 6.07) is 8.17. The van der Waals surface area contributed by atoms with Crippen molar-refractivity contribution < 1.29 is 9.18 Å². The van der Waals surface area contributed by atoms with Gasteiger partial charge < -0.3 is 11.1 Å². The van der Waals surface area contributed by atoms with Gasteiger partial charge in [-0.25, -0.2) is 4.39 Å². The standard InChI is InChI=1S/C15H17FN2OS/c1-3-11-5-7-14(20-11)9(2)18-13-8-10(15(17)19)4-6-12(13)16/h4-9,18H,3H2,1-2H3,(H2,17,19). The zero-order valence-corrected chi connectivity index (χ0v) is 12.3. The van der Waals surface area contributed by atoms with Crippen LogP contribution in [0.25, 0.3) is 0 Å². The van der Waals surface area contributed by atoms with E-state index in [9.17, 15) is 9.18 Å². The molecule has 1 heterocycles. The fourth-order valence-corrected chi connectivity index (χ4v) is 2.87. The van der Waals surface area contributed by atoms with Crippen molar-refractivity contribution in [3.8, 4) is 0 Å². The monoisotopic (exact) mass is 292 g/mol. The van der Waals surface area contributed by atoms with Gasteiger partial charge in [0.1, 0.15) is 5.82 Å². The van der Waals surface area contributed by atoms with E-state index in [4.69, 9.17) is 5.73 Å². The highest BCUT2D eigenvalue weighted by Gasteiger charge is 2.12. The summed E-state index contributed by atoms with van der Waals surface area (Å²) in [4.78, 5) is 13.6. The number of thiophene rings is 1. The molecule has 0 aliphatic carbocycles. The molecule has 0 aliphatic rings. The second-order valence-electron chi connectivity index (χ2n) is 4.58. The molecule has 1 atom stereocenters. The normalized spacial score (nSPS) is 12.2. The van der Waals surface area contributed by atoms with Gasteiger partial charge in [-0.15, -0.1) is 11.3 Å². The van der Waals surface area contributed by atoms with Gasteiger partial charge in [-0.2, -0.15) is 0 Å². The predicted octanol–water partition coefficient (Wildman–Crippen LogP) is 3.72. The second-order valence-corrected chi connectivity index (χ2v) is 5.78. The number of aryl methyl sites for hydroxylation is 1. The molecule has 1 amide bonds. The van der Waals surface area contributed by atoms with E-state index >= 15 is 0 Å². The fourth-order valence-electron chi connectivity index (χ4n) is 1.91. The van der Waals surface area contributed by atoms with Crippen molar-refractivity contribution in [3.63, 3.8) is 0 Å². The molecule has 2 aromatic rings. The zero-order valence-electron chi connectivity index (χ0n) is 11.4. The lowest BCUT2D eigenvalue weighted by Crippen LogP contribution is -2.13. The summed E-state index contributed by atoms with van der Waals surface area (Å²) in [6.45, 7) is 4.06. The quantitative estimate of drug-likeness (QED) is 0.882. The van der Waals surface area contributed by atoms with Crippen LogP contribution in [0, 0.1) is 5.82 Å². The topological polar surface area (TPSA) is 55.1 Å². The van der Waals surface area contributed by atoms with E-state index in [1.54, 1.807) is 11.3 Å². The zero-order chi connectivity index (χ0) is 14.7. The highest BCUT2D eigenvalue weighted by atomic mass is 32.1. The Labute approximate surface area is 121 Å². The molecular weight excluding hydrogens is 275 g/mol. The van der Waals surface area contributed by atoms with E-state index in [0.717, 1.165) is 11.3 Å². The van der Waals surface area contributed by atoms with Crippen LogP contribution in [0.2, 0.25) is 0 Å². The van der Waals surface area contributed by atoms with Gasteiger partial charge in [-0.1, -0.05) is 6.92 Å². The Morgan fingerprint density at radius 1 is 1.40 bits per heavy atom. The maximum absolute atomic E-state index is 13.8. The molecule has 1 aromatic carbocycles. The lowest BCUT2D eigenvalue weighted by molar-refractivity contribution is 0.100. The third kappa shape index (κ3) is 3.17. The van der Waals surface area contributed by atoms with Crippen molar-refractivity contribution in [2.75, 3.05) is 5.32 Å². The van der Waals surface area contributed by atoms with Crippen LogP contribution in [0.3, 0.4) is 0 Å². The minimum absolute atomic E-state index is 0.0297. The molecule has 0 saturated heterocycles. The summed E-state index contributed by atoms with van der Waals surface area (Å²) in [5.41, 5.74) is 5.79. The Balaban J connectivity index is 2.20. The van der Waals surface area contributed by atoms with Crippen molar-refractivity contribution in [1.29, 1.82) is 0 Å². The first-order valence-electron chi connectivity index (χ1n) is 6.45. The molecule has 0 aliphatic heterocycles. The SMILES string of the molecule is CCc1ccc(C(C)Nc2cc(C(N)=O)ccc2F)s1. The number of anilines is 1. The van der Waals surface area contributed by atoms with Crippen LogP contribution in [0.1, 0.15) is 40.0 Å². The average molecular weight is 292 g/mol. The number of hydrogen-bond donors (Lipinski definition) is 2. The lowest BCUT2D eigenvalue weighted by Gasteiger charge is -2.15. The Hall–Kier alpha value is -1.88. The first-order chi connectivity index (χ1) is 9.51. The van der Waals surface area contributed by atoms with Crippen LogP contribution in [-0.4, -0.2) is 5.91 Å². The summed E-state index contributed by atoms with van der Waals surface area (Å²) in [7, 11) is 0. The fraction of sp³-hybridized carbons (Fsp3) is 0.267. The van der Waals surface area contributed by atoms with E-state index in [0.29, 0.717) is 11.3 Å². The molecule has 106 valence electrons. The number of nitrogens with one attached hydrogen (secondary N) is 1. The van der Waals surface area contributed by atoms with Crippen LogP contribution >= 0.6 is 11.3 Å². The summed E-state index contributed by atoms with van der Waals surface area (Å²) in [5.74, 6) is -0.959. The Morgan fingerprint density at radius 3 is 2.75 bits per heavy atom. The molecule has 3 nitrogen and oxygen atoms in total. The van der Waals surface area contributed by atoms with Crippen LogP contribution in [-0.2, 0) is 6.42 Å². The molecular formula is C15H17FN2OS. The van der Waals surface area contributed by atoms with Crippen molar-refractivity contribution in [2.24, 2.45) is 5.73 Å². The van der Waals surface area contributed by atoms with Crippen LogP contribution < -0.4 is 11.1 Å². The van der Waals surface area contributed by atoms with Gasteiger partial charge in [0.15, 0.2) is 0 Å². The smallest absolute Gasteiger partial charge is 0.248 e. The van der Waals surface area contributed by atoms with Crippen LogP contribution in [0.5, 0.6) is 0 Å². The van der Waals surface area contributed by atoms with Gasteiger partial charge >= 0.3 is 0 Å². The average Bonchev–Trinajstić information content (AvgIpc) is 2.89. The highest BCUT2D eigenvalue weighted by molar-refractivity contribution is 7.12. The highest BCUT2D eigenvalue weighted by Crippen LogP contribution is 2.28. The number of nitrogens with two attached hydrogens (primary N) is 1. The van der Waals surface area contributed by atoms with Gasteiger partial charge in [-0.05, 0) is 43.7 Å². The number of benzene rings is 1. The first-order valence-corrected chi connectivity index (χ1v) is 7.27. The number of rotatable bonds is 5. The van der Waals surface area contributed by atoms with Gasteiger partial charge in [-0.3, -0.25) is 4.79 Å². The molecule has 20 heavy (non-hydrogen) atoms. The minimum atomic E-state index is -0.565. The third-order valence-electron chi connectivity index (χ3n) is 3.08. The maximum Gasteiger partial charge on any atom is 0.248 e. The number of carbonyl (C=O) groups is 1. The minimum Gasteiger partial charge on any atom is -0.375 e. The van der Waals surface area contributed by atoms with Gasteiger partial charge in [0.25, 0.3) is 0 Å². The molecule has 1 aromatic heterocycles. The lowest BCUT2D eigenvalue weighted by atomic mass is 10.1. The molecule has 0 radical (unpaired) electrons. The summed E-state index contributed by atoms with van der Waals surface area (Å²) in [6.07, 6.45) is 0.989.